The molecule has 6 heteroatoms. The van der Waals surface area contributed by atoms with Gasteiger partial charge in [-0.1, -0.05) is 32.4 Å². The SMILES string of the molecule is CCS(=O)(=O)CCOc1ccc(Cl)cc1CNC(C)C. The molecule has 0 aliphatic heterocycles. The molecule has 1 aromatic rings. The lowest BCUT2D eigenvalue weighted by atomic mass is 10.2. The molecule has 114 valence electrons. The molecular weight excluding hydrogens is 298 g/mol. The van der Waals surface area contributed by atoms with E-state index in [0.29, 0.717) is 23.4 Å². The van der Waals surface area contributed by atoms with E-state index in [-0.39, 0.29) is 18.1 Å². The number of rotatable bonds is 8. The van der Waals surface area contributed by atoms with Gasteiger partial charge in [-0.05, 0) is 18.2 Å². The lowest BCUT2D eigenvalue weighted by Crippen LogP contribution is -2.22. The highest BCUT2D eigenvalue weighted by molar-refractivity contribution is 7.91. The van der Waals surface area contributed by atoms with Crippen molar-refractivity contribution in [1.29, 1.82) is 0 Å². The third kappa shape index (κ3) is 6.11. The largest absolute Gasteiger partial charge is 0.492 e. The number of benzene rings is 1. The summed E-state index contributed by atoms with van der Waals surface area (Å²) >= 11 is 5.98. The number of halogens is 1. The molecule has 0 atom stereocenters. The van der Waals surface area contributed by atoms with Crippen LogP contribution in [0.1, 0.15) is 26.3 Å². The number of hydrogen-bond acceptors (Lipinski definition) is 4. The second-order valence-electron chi connectivity index (χ2n) is 4.87. The van der Waals surface area contributed by atoms with Gasteiger partial charge in [0.1, 0.15) is 12.4 Å². The summed E-state index contributed by atoms with van der Waals surface area (Å²) in [6, 6.07) is 5.70. The first-order valence-corrected chi connectivity index (χ1v) is 8.89. The van der Waals surface area contributed by atoms with E-state index in [4.69, 9.17) is 16.3 Å². The Morgan fingerprint density at radius 3 is 2.65 bits per heavy atom. The van der Waals surface area contributed by atoms with Gasteiger partial charge in [0.25, 0.3) is 0 Å². The van der Waals surface area contributed by atoms with Crippen LogP contribution in [0.2, 0.25) is 5.02 Å². The Morgan fingerprint density at radius 1 is 1.35 bits per heavy atom. The molecule has 0 saturated heterocycles. The molecule has 1 aromatic carbocycles. The first-order chi connectivity index (χ1) is 9.34. The summed E-state index contributed by atoms with van der Waals surface area (Å²) in [4.78, 5) is 0. The summed E-state index contributed by atoms with van der Waals surface area (Å²) in [7, 11) is -3.00. The molecule has 0 saturated carbocycles. The minimum atomic E-state index is -3.00. The average Bonchev–Trinajstić information content (AvgIpc) is 2.38. The molecule has 4 nitrogen and oxygen atoms in total. The maximum atomic E-state index is 11.4. The molecule has 1 N–H and O–H groups in total. The molecule has 0 aromatic heterocycles. The highest BCUT2D eigenvalue weighted by atomic mass is 35.5. The molecule has 0 bridgehead atoms. The minimum absolute atomic E-state index is 0.0309. The van der Waals surface area contributed by atoms with Crippen molar-refractivity contribution in [2.24, 2.45) is 0 Å². The normalized spacial score (nSPS) is 11.8. The third-order valence-corrected chi connectivity index (χ3v) is 4.72. The Morgan fingerprint density at radius 2 is 2.05 bits per heavy atom. The minimum Gasteiger partial charge on any atom is -0.492 e. The van der Waals surface area contributed by atoms with Gasteiger partial charge < -0.3 is 10.1 Å². The van der Waals surface area contributed by atoms with Crippen molar-refractivity contribution < 1.29 is 13.2 Å². The number of hydrogen-bond donors (Lipinski definition) is 1. The molecule has 0 aliphatic carbocycles. The van der Waals surface area contributed by atoms with Gasteiger partial charge in [0.15, 0.2) is 9.84 Å². The van der Waals surface area contributed by atoms with Crippen LogP contribution in [-0.2, 0) is 16.4 Å². The van der Waals surface area contributed by atoms with Gasteiger partial charge in [-0.15, -0.1) is 0 Å². The zero-order valence-corrected chi connectivity index (χ0v) is 13.7. The Bertz CT molecular complexity index is 529. The summed E-state index contributed by atoms with van der Waals surface area (Å²) in [6.45, 7) is 6.54. The van der Waals surface area contributed by atoms with Gasteiger partial charge in [0.2, 0.25) is 0 Å². The van der Waals surface area contributed by atoms with Crippen LogP contribution >= 0.6 is 11.6 Å². The molecule has 20 heavy (non-hydrogen) atoms. The van der Waals surface area contributed by atoms with Gasteiger partial charge in [-0.2, -0.15) is 0 Å². The maximum Gasteiger partial charge on any atom is 0.153 e. The standard InChI is InChI=1S/C14H22ClNO3S/c1-4-20(17,18)8-7-19-14-6-5-13(15)9-12(14)10-16-11(2)3/h5-6,9,11,16H,4,7-8,10H2,1-3H3. The third-order valence-electron chi connectivity index (χ3n) is 2.82. The van der Waals surface area contributed by atoms with Crippen molar-refractivity contribution in [2.45, 2.75) is 33.4 Å². The van der Waals surface area contributed by atoms with Gasteiger partial charge in [0, 0.05) is 28.9 Å². The zero-order chi connectivity index (χ0) is 15.2. The number of nitrogens with one attached hydrogen (secondary N) is 1. The van der Waals surface area contributed by atoms with Crippen molar-refractivity contribution in [1.82, 2.24) is 5.32 Å². The quantitative estimate of drug-likeness (QED) is 0.800. The highest BCUT2D eigenvalue weighted by Crippen LogP contribution is 2.23. The lowest BCUT2D eigenvalue weighted by molar-refractivity contribution is 0.335. The molecule has 0 radical (unpaired) electrons. The summed E-state index contributed by atoms with van der Waals surface area (Å²) in [5.41, 5.74) is 0.931. The topological polar surface area (TPSA) is 55.4 Å². The summed E-state index contributed by atoms with van der Waals surface area (Å²) in [5.74, 6) is 0.843. The predicted molar refractivity (Wildman–Crippen MR) is 83.3 cm³/mol. The Hall–Kier alpha value is -0.780. The summed E-state index contributed by atoms with van der Waals surface area (Å²) in [5, 5.41) is 3.93. The van der Waals surface area contributed by atoms with Crippen LogP contribution in [-0.4, -0.2) is 32.6 Å². The smallest absolute Gasteiger partial charge is 0.153 e. The lowest BCUT2D eigenvalue weighted by Gasteiger charge is -2.14. The second-order valence-corrected chi connectivity index (χ2v) is 7.78. The van der Waals surface area contributed by atoms with E-state index in [0.717, 1.165) is 5.56 Å². The first-order valence-electron chi connectivity index (χ1n) is 6.69. The van der Waals surface area contributed by atoms with Crippen LogP contribution in [0, 0.1) is 0 Å². The molecule has 0 fully saturated rings. The van der Waals surface area contributed by atoms with Gasteiger partial charge in [-0.3, -0.25) is 0 Å². The fourth-order valence-corrected chi connectivity index (χ4v) is 2.38. The van der Waals surface area contributed by atoms with E-state index in [1.807, 2.05) is 6.07 Å². The second kappa shape index (κ2) is 7.86. The Balaban J connectivity index is 2.68. The summed E-state index contributed by atoms with van der Waals surface area (Å²) < 4.78 is 28.4. The molecule has 0 heterocycles. The molecule has 0 amide bonds. The van der Waals surface area contributed by atoms with Crippen LogP contribution in [0.4, 0.5) is 0 Å². The van der Waals surface area contributed by atoms with E-state index >= 15 is 0 Å². The van der Waals surface area contributed by atoms with Crippen molar-refractivity contribution in [3.63, 3.8) is 0 Å². The van der Waals surface area contributed by atoms with Crippen molar-refractivity contribution in [3.05, 3.63) is 28.8 Å². The molecular formula is C14H22ClNO3S. The van der Waals surface area contributed by atoms with Crippen LogP contribution in [0.25, 0.3) is 0 Å². The number of ether oxygens (including phenoxy) is 1. The molecule has 1 rings (SSSR count). The zero-order valence-electron chi connectivity index (χ0n) is 12.1. The fourth-order valence-electron chi connectivity index (χ4n) is 1.56. The van der Waals surface area contributed by atoms with Gasteiger partial charge in [-0.25, -0.2) is 8.42 Å². The van der Waals surface area contributed by atoms with E-state index in [1.54, 1.807) is 19.1 Å². The fraction of sp³-hybridized carbons (Fsp3) is 0.571. The monoisotopic (exact) mass is 319 g/mol. The highest BCUT2D eigenvalue weighted by Gasteiger charge is 2.10. The van der Waals surface area contributed by atoms with E-state index < -0.39 is 9.84 Å². The molecule has 0 spiro atoms. The first kappa shape index (κ1) is 17.3. The van der Waals surface area contributed by atoms with E-state index in [9.17, 15) is 8.42 Å². The van der Waals surface area contributed by atoms with Crippen LogP contribution in [0.5, 0.6) is 5.75 Å². The van der Waals surface area contributed by atoms with Crippen molar-refractivity contribution >= 4 is 21.4 Å². The van der Waals surface area contributed by atoms with E-state index in [1.165, 1.54) is 0 Å². The number of sulfone groups is 1. The Labute approximate surface area is 126 Å². The van der Waals surface area contributed by atoms with Crippen LogP contribution < -0.4 is 10.1 Å². The van der Waals surface area contributed by atoms with Gasteiger partial charge >= 0.3 is 0 Å². The van der Waals surface area contributed by atoms with Gasteiger partial charge in [0.05, 0.1) is 5.75 Å². The Kier molecular flexibility index (Phi) is 6.79. The predicted octanol–water partition coefficient (Wildman–Crippen LogP) is 2.65. The van der Waals surface area contributed by atoms with Crippen molar-refractivity contribution in [3.8, 4) is 5.75 Å². The molecule has 0 unspecified atom stereocenters. The summed E-state index contributed by atoms with van der Waals surface area (Å²) in [6.07, 6.45) is 0. The van der Waals surface area contributed by atoms with Crippen LogP contribution in [0.15, 0.2) is 18.2 Å². The maximum absolute atomic E-state index is 11.4. The average molecular weight is 320 g/mol. The van der Waals surface area contributed by atoms with Crippen LogP contribution in [0.3, 0.4) is 0 Å². The van der Waals surface area contributed by atoms with E-state index in [2.05, 4.69) is 19.2 Å². The van der Waals surface area contributed by atoms with Crippen molar-refractivity contribution in [2.75, 3.05) is 18.1 Å². The molecule has 0 aliphatic rings.